The van der Waals surface area contributed by atoms with Gasteiger partial charge in [-0.05, 0) is 48.4 Å². The minimum Gasteiger partial charge on any atom is -0.508 e. The Morgan fingerprint density at radius 2 is 1.56 bits per heavy atom. The highest BCUT2D eigenvalue weighted by Crippen LogP contribution is 2.20. The predicted octanol–water partition coefficient (Wildman–Crippen LogP) is 3.50. The number of aliphatic hydroxyl groups is 1. The van der Waals surface area contributed by atoms with Crippen LogP contribution in [0.25, 0.3) is 0 Å². The molecule has 0 radical (unpaired) electrons. The molecular weight excluding hydrogens is 426 g/mol. The quantitative estimate of drug-likeness (QED) is 0.394. The molecule has 0 bridgehead atoms. The number of nitrogens with zero attached hydrogens (tertiary/aromatic N) is 2. The van der Waals surface area contributed by atoms with E-state index in [1.165, 1.54) is 11.1 Å². The molecule has 34 heavy (non-hydrogen) atoms. The lowest BCUT2D eigenvalue weighted by Gasteiger charge is -2.32. The second-order valence-electron chi connectivity index (χ2n) is 10.5. The van der Waals surface area contributed by atoms with E-state index in [1.807, 2.05) is 12.1 Å². The van der Waals surface area contributed by atoms with E-state index in [4.69, 9.17) is 5.73 Å². The number of carbonyl (C=O) groups excluding carboxylic acids is 1. The van der Waals surface area contributed by atoms with Crippen LogP contribution in [0.1, 0.15) is 49.4 Å². The SMILES string of the molecule is Cc1cccc(CCN(CCC(N)=O)CCN(CCc2ccc(O)c(CO)c2)CC(C)(C)C)c1. The third-order valence-corrected chi connectivity index (χ3v) is 5.93. The van der Waals surface area contributed by atoms with Crippen LogP contribution in [-0.2, 0) is 24.2 Å². The second-order valence-corrected chi connectivity index (χ2v) is 10.5. The fourth-order valence-electron chi connectivity index (χ4n) is 4.19. The smallest absolute Gasteiger partial charge is 0.218 e. The van der Waals surface area contributed by atoms with Crippen molar-refractivity contribution in [3.63, 3.8) is 0 Å². The maximum atomic E-state index is 11.4. The first kappa shape index (κ1) is 27.8. The van der Waals surface area contributed by atoms with E-state index < -0.39 is 0 Å². The molecule has 4 N–H and O–H groups in total. The first-order valence-electron chi connectivity index (χ1n) is 12.3. The molecule has 0 unspecified atom stereocenters. The molecule has 2 rings (SSSR count). The number of phenols is 1. The molecule has 6 heteroatoms. The van der Waals surface area contributed by atoms with E-state index in [0.717, 1.165) is 51.1 Å². The molecular formula is C28H43N3O3. The van der Waals surface area contributed by atoms with Gasteiger partial charge in [0.25, 0.3) is 0 Å². The number of carbonyl (C=O) groups is 1. The highest BCUT2D eigenvalue weighted by atomic mass is 16.3. The monoisotopic (exact) mass is 469 g/mol. The normalized spacial score (nSPS) is 12.0. The van der Waals surface area contributed by atoms with Crippen molar-refractivity contribution in [3.05, 3.63) is 64.7 Å². The third kappa shape index (κ3) is 10.7. The zero-order valence-corrected chi connectivity index (χ0v) is 21.4. The van der Waals surface area contributed by atoms with Crippen molar-refractivity contribution in [2.45, 2.75) is 53.6 Å². The van der Waals surface area contributed by atoms with Gasteiger partial charge in [-0.2, -0.15) is 0 Å². The highest BCUT2D eigenvalue weighted by Gasteiger charge is 2.18. The summed E-state index contributed by atoms with van der Waals surface area (Å²) in [5, 5.41) is 19.3. The van der Waals surface area contributed by atoms with Gasteiger partial charge >= 0.3 is 0 Å². The van der Waals surface area contributed by atoms with E-state index in [0.29, 0.717) is 18.5 Å². The molecule has 1 amide bonds. The minimum absolute atomic E-state index is 0.136. The summed E-state index contributed by atoms with van der Waals surface area (Å²) in [4.78, 5) is 16.2. The average Bonchev–Trinajstić information content (AvgIpc) is 2.76. The number of primary amides is 1. The number of nitrogens with two attached hydrogens (primary N) is 1. The van der Waals surface area contributed by atoms with Crippen molar-refractivity contribution in [1.29, 1.82) is 0 Å². The molecule has 0 saturated heterocycles. The van der Waals surface area contributed by atoms with Crippen LogP contribution in [0.5, 0.6) is 5.75 Å². The summed E-state index contributed by atoms with van der Waals surface area (Å²) in [6.07, 6.45) is 2.15. The summed E-state index contributed by atoms with van der Waals surface area (Å²) in [6.45, 7) is 13.8. The van der Waals surface area contributed by atoms with Crippen LogP contribution in [0.3, 0.4) is 0 Å². The summed E-state index contributed by atoms with van der Waals surface area (Å²) >= 11 is 0. The van der Waals surface area contributed by atoms with Gasteiger partial charge in [-0.25, -0.2) is 0 Å². The van der Waals surface area contributed by atoms with E-state index in [9.17, 15) is 15.0 Å². The molecule has 0 saturated carbocycles. The van der Waals surface area contributed by atoms with E-state index in [2.05, 4.69) is 61.8 Å². The fourth-order valence-corrected chi connectivity index (χ4v) is 4.19. The van der Waals surface area contributed by atoms with Gasteiger partial charge in [0, 0.05) is 51.3 Å². The summed E-state index contributed by atoms with van der Waals surface area (Å²) < 4.78 is 0. The number of hydrogen-bond acceptors (Lipinski definition) is 5. The first-order chi connectivity index (χ1) is 16.1. The van der Waals surface area contributed by atoms with Crippen LogP contribution in [0.4, 0.5) is 0 Å². The van der Waals surface area contributed by atoms with Crippen molar-refractivity contribution in [2.24, 2.45) is 11.1 Å². The Morgan fingerprint density at radius 3 is 2.18 bits per heavy atom. The molecule has 0 aliphatic heterocycles. The average molecular weight is 470 g/mol. The number of hydrogen-bond donors (Lipinski definition) is 3. The lowest BCUT2D eigenvalue weighted by molar-refractivity contribution is -0.118. The summed E-state index contributed by atoms with van der Waals surface area (Å²) in [6, 6.07) is 14.0. The van der Waals surface area contributed by atoms with Crippen LogP contribution in [-0.4, -0.2) is 65.2 Å². The molecule has 0 aliphatic rings. The molecule has 0 aliphatic carbocycles. The molecule has 0 atom stereocenters. The lowest BCUT2D eigenvalue weighted by atomic mass is 9.95. The maximum Gasteiger partial charge on any atom is 0.218 e. The number of aromatic hydroxyl groups is 1. The molecule has 188 valence electrons. The number of rotatable bonds is 14. The van der Waals surface area contributed by atoms with Crippen LogP contribution < -0.4 is 5.73 Å². The Bertz CT molecular complexity index is 908. The molecule has 0 fully saturated rings. The van der Waals surface area contributed by atoms with E-state index in [1.54, 1.807) is 6.07 Å². The Balaban J connectivity index is 2.01. The number of benzene rings is 2. The Kier molecular flexibility index (Phi) is 11.0. The van der Waals surface area contributed by atoms with Crippen molar-refractivity contribution in [2.75, 3.05) is 39.3 Å². The Labute approximate surface area is 205 Å². The highest BCUT2D eigenvalue weighted by molar-refractivity contribution is 5.73. The van der Waals surface area contributed by atoms with Crippen molar-refractivity contribution in [1.82, 2.24) is 9.80 Å². The third-order valence-electron chi connectivity index (χ3n) is 5.93. The van der Waals surface area contributed by atoms with Gasteiger partial charge in [0.2, 0.25) is 5.91 Å². The topological polar surface area (TPSA) is 90.0 Å². The van der Waals surface area contributed by atoms with Gasteiger partial charge in [0.05, 0.1) is 6.61 Å². The molecule has 0 spiro atoms. The van der Waals surface area contributed by atoms with Crippen molar-refractivity contribution in [3.8, 4) is 5.75 Å². The Hall–Kier alpha value is -2.41. The molecule has 0 aromatic heterocycles. The number of amides is 1. The van der Waals surface area contributed by atoms with E-state index >= 15 is 0 Å². The van der Waals surface area contributed by atoms with E-state index in [-0.39, 0.29) is 23.7 Å². The number of aryl methyl sites for hydroxylation is 1. The standard InChI is InChI=1S/C28H43N3O3/c1-22-6-5-7-23(18-22)10-13-30(15-12-27(29)34)16-17-31(21-28(2,3)4)14-11-24-8-9-26(33)25(19-24)20-32/h5-9,18-19,32-33H,10-17,20-21H2,1-4H3,(H2,29,34). The van der Waals surface area contributed by atoms with Crippen molar-refractivity contribution >= 4 is 5.91 Å². The van der Waals surface area contributed by atoms with Gasteiger partial charge in [0.1, 0.15) is 5.75 Å². The van der Waals surface area contributed by atoms with Gasteiger partial charge in [0.15, 0.2) is 0 Å². The van der Waals surface area contributed by atoms with Gasteiger partial charge in [-0.3, -0.25) is 4.79 Å². The molecule has 2 aromatic rings. The van der Waals surface area contributed by atoms with Gasteiger partial charge in [-0.15, -0.1) is 0 Å². The first-order valence-corrected chi connectivity index (χ1v) is 12.3. The Morgan fingerprint density at radius 1 is 0.912 bits per heavy atom. The molecule has 6 nitrogen and oxygen atoms in total. The summed E-state index contributed by atoms with van der Waals surface area (Å²) in [5.74, 6) is -0.129. The predicted molar refractivity (Wildman–Crippen MR) is 139 cm³/mol. The van der Waals surface area contributed by atoms with Crippen LogP contribution in [0.2, 0.25) is 0 Å². The summed E-state index contributed by atoms with van der Waals surface area (Å²) in [5.41, 5.74) is 9.83. The van der Waals surface area contributed by atoms with Crippen LogP contribution >= 0.6 is 0 Å². The molecule has 0 heterocycles. The van der Waals surface area contributed by atoms with Crippen LogP contribution in [0, 0.1) is 12.3 Å². The number of aliphatic hydroxyl groups excluding tert-OH is 1. The van der Waals surface area contributed by atoms with Crippen LogP contribution in [0.15, 0.2) is 42.5 Å². The molecule has 2 aromatic carbocycles. The van der Waals surface area contributed by atoms with Gasteiger partial charge in [-0.1, -0.05) is 56.7 Å². The second kappa shape index (κ2) is 13.5. The summed E-state index contributed by atoms with van der Waals surface area (Å²) in [7, 11) is 0. The maximum absolute atomic E-state index is 11.4. The lowest BCUT2D eigenvalue weighted by Crippen LogP contribution is -2.41. The van der Waals surface area contributed by atoms with Crippen molar-refractivity contribution < 1.29 is 15.0 Å². The minimum atomic E-state index is -0.265. The zero-order chi connectivity index (χ0) is 25.1. The fraction of sp³-hybridized carbons (Fsp3) is 0.536. The van der Waals surface area contributed by atoms with Gasteiger partial charge < -0.3 is 25.7 Å². The largest absolute Gasteiger partial charge is 0.508 e. The zero-order valence-electron chi connectivity index (χ0n) is 21.4.